The molecule has 1 unspecified atom stereocenters. The topological polar surface area (TPSA) is 83.7 Å². The second-order valence-corrected chi connectivity index (χ2v) is 7.33. The van der Waals surface area contributed by atoms with Crippen LogP contribution in [0.2, 0.25) is 0 Å². The van der Waals surface area contributed by atoms with Gasteiger partial charge in [0, 0.05) is 25.5 Å². The van der Waals surface area contributed by atoms with Crippen molar-refractivity contribution in [2.75, 3.05) is 19.7 Å². The predicted octanol–water partition coefficient (Wildman–Crippen LogP) is 2.73. The fourth-order valence-corrected chi connectivity index (χ4v) is 3.11. The number of nitrogens with zero attached hydrogens (tertiary/aromatic N) is 3. The van der Waals surface area contributed by atoms with Gasteiger partial charge in [0.05, 0.1) is 13.1 Å². The summed E-state index contributed by atoms with van der Waals surface area (Å²) in [5, 5.41) is 21.0. The van der Waals surface area contributed by atoms with E-state index in [1.165, 1.54) is 5.56 Å². The second-order valence-electron chi connectivity index (χ2n) is 7.33. The van der Waals surface area contributed by atoms with Crippen LogP contribution in [-0.2, 0) is 13.1 Å². The van der Waals surface area contributed by atoms with Crippen molar-refractivity contribution in [3.8, 4) is 5.75 Å². The second kappa shape index (κ2) is 11.8. The molecule has 0 fully saturated rings. The molecule has 0 aliphatic heterocycles. The van der Waals surface area contributed by atoms with Crippen LogP contribution < -0.4 is 15.4 Å². The number of ether oxygens (including phenoxy) is 1. The monoisotopic (exact) mass is 421 g/mol. The van der Waals surface area contributed by atoms with E-state index >= 15 is 0 Å². The average molecular weight is 422 g/mol. The van der Waals surface area contributed by atoms with Gasteiger partial charge in [0.15, 0.2) is 5.96 Å². The lowest BCUT2D eigenvalue weighted by atomic mass is 10.1. The molecule has 3 aromatic rings. The number of hydrogen-bond donors (Lipinski definition) is 3. The molecular weight excluding hydrogens is 390 g/mol. The van der Waals surface area contributed by atoms with E-state index < -0.39 is 6.10 Å². The van der Waals surface area contributed by atoms with Gasteiger partial charge in [0.2, 0.25) is 0 Å². The van der Waals surface area contributed by atoms with Gasteiger partial charge in [-0.3, -0.25) is 4.68 Å². The first-order valence-corrected chi connectivity index (χ1v) is 10.6. The molecule has 0 bridgehead atoms. The van der Waals surface area contributed by atoms with Crippen molar-refractivity contribution in [1.82, 2.24) is 20.4 Å². The number of aromatic nitrogens is 2. The van der Waals surface area contributed by atoms with Gasteiger partial charge in [0.1, 0.15) is 18.5 Å². The van der Waals surface area contributed by atoms with Crippen LogP contribution in [0.25, 0.3) is 0 Å². The Kier molecular flexibility index (Phi) is 8.48. The highest BCUT2D eigenvalue weighted by Crippen LogP contribution is 2.13. The van der Waals surface area contributed by atoms with Crippen LogP contribution in [-0.4, -0.2) is 46.6 Å². The van der Waals surface area contributed by atoms with E-state index in [0.29, 0.717) is 25.6 Å². The lowest BCUT2D eigenvalue weighted by Gasteiger charge is -2.16. The van der Waals surface area contributed by atoms with Crippen LogP contribution in [0.1, 0.15) is 23.6 Å². The van der Waals surface area contributed by atoms with Gasteiger partial charge < -0.3 is 20.5 Å². The van der Waals surface area contributed by atoms with Gasteiger partial charge in [-0.1, -0.05) is 36.4 Å². The van der Waals surface area contributed by atoms with E-state index in [2.05, 4.69) is 32.9 Å². The van der Waals surface area contributed by atoms with Gasteiger partial charge in [-0.15, -0.1) is 0 Å². The molecule has 1 atom stereocenters. The Balaban J connectivity index is 1.54. The SMILES string of the molecule is CCNC(=NCc1ccccc1Cn1cccn1)NCC(O)COc1cccc(C)c1. The molecule has 0 amide bonds. The molecule has 0 saturated heterocycles. The summed E-state index contributed by atoms with van der Waals surface area (Å²) in [4.78, 5) is 4.69. The molecule has 0 aliphatic carbocycles. The molecule has 3 N–H and O–H groups in total. The first kappa shape index (κ1) is 22.4. The van der Waals surface area contributed by atoms with E-state index in [9.17, 15) is 5.11 Å². The molecule has 1 heterocycles. The molecule has 0 spiro atoms. The van der Waals surface area contributed by atoms with Crippen LogP contribution in [0.4, 0.5) is 0 Å². The summed E-state index contributed by atoms with van der Waals surface area (Å²) in [6.07, 6.45) is 3.07. The summed E-state index contributed by atoms with van der Waals surface area (Å²) in [5.41, 5.74) is 3.44. The first-order chi connectivity index (χ1) is 15.1. The van der Waals surface area contributed by atoms with Crippen molar-refractivity contribution in [2.45, 2.75) is 33.0 Å². The maximum absolute atomic E-state index is 10.3. The highest BCUT2D eigenvalue weighted by atomic mass is 16.5. The highest BCUT2D eigenvalue weighted by molar-refractivity contribution is 5.79. The third-order valence-electron chi connectivity index (χ3n) is 4.70. The van der Waals surface area contributed by atoms with Crippen molar-refractivity contribution in [2.24, 2.45) is 4.99 Å². The van der Waals surface area contributed by atoms with Gasteiger partial charge >= 0.3 is 0 Å². The van der Waals surface area contributed by atoms with Crippen LogP contribution in [0.15, 0.2) is 72.0 Å². The fourth-order valence-electron chi connectivity index (χ4n) is 3.11. The van der Waals surface area contributed by atoms with E-state index in [0.717, 1.165) is 23.4 Å². The molecule has 0 radical (unpaired) electrons. The molecule has 2 aromatic carbocycles. The number of aliphatic hydroxyl groups excluding tert-OH is 1. The quantitative estimate of drug-likeness (QED) is 0.346. The highest BCUT2D eigenvalue weighted by Gasteiger charge is 2.08. The Labute approximate surface area is 183 Å². The zero-order valence-electron chi connectivity index (χ0n) is 18.2. The maximum atomic E-state index is 10.3. The van der Waals surface area contributed by atoms with Crippen molar-refractivity contribution < 1.29 is 9.84 Å². The molecule has 3 rings (SSSR count). The van der Waals surface area contributed by atoms with Crippen molar-refractivity contribution >= 4 is 5.96 Å². The number of hydrogen-bond acceptors (Lipinski definition) is 4. The van der Waals surface area contributed by atoms with E-state index in [4.69, 9.17) is 4.74 Å². The molecule has 164 valence electrons. The summed E-state index contributed by atoms with van der Waals surface area (Å²) in [5.74, 6) is 1.42. The minimum absolute atomic E-state index is 0.211. The molecular formula is C24H31N5O2. The maximum Gasteiger partial charge on any atom is 0.191 e. The van der Waals surface area contributed by atoms with E-state index in [1.54, 1.807) is 6.20 Å². The number of rotatable bonds is 10. The van der Waals surface area contributed by atoms with Crippen molar-refractivity contribution in [3.63, 3.8) is 0 Å². The largest absolute Gasteiger partial charge is 0.491 e. The van der Waals surface area contributed by atoms with Crippen LogP contribution >= 0.6 is 0 Å². The Morgan fingerprint density at radius 3 is 2.71 bits per heavy atom. The molecule has 7 nitrogen and oxygen atoms in total. The number of aliphatic imine (C=N–C) groups is 1. The normalized spacial score (nSPS) is 12.4. The Morgan fingerprint density at radius 1 is 1.13 bits per heavy atom. The zero-order chi connectivity index (χ0) is 21.9. The van der Waals surface area contributed by atoms with Gasteiger partial charge in [-0.05, 0) is 48.7 Å². The fraction of sp³-hybridized carbons (Fsp3) is 0.333. The third kappa shape index (κ3) is 7.46. The zero-order valence-corrected chi connectivity index (χ0v) is 18.2. The van der Waals surface area contributed by atoms with Gasteiger partial charge in [-0.2, -0.15) is 5.10 Å². The molecule has 1 aromatic heterocycles. The predicted molar refractivity (Wildman–Crippen MR) is 123 cm³/mol. The summed E-state index contributed by atoms with van der Waals surface area (Å²) in [6.45, 7) is 6.55. The van der Waals surface area contributed by atoms with E-state index in [1.807, 2.05) is 67.2 Å². The summed E-state index contributed by atoms with van der Waals surface area (Å²) in [7, 11) is 0. The lowest BCUT2D eigenvalue weighted by Crippen LogP contribution is -2.42. The number of aryl methyl sites for hydroxylation is 1. The number of aliphatic hydroxyl groups is 1. The van der Waals surface area contributed by atoms with Gasteiger partial charge in [-0.25, -0.2) is 4.99 Å². The molecule has 0 saturated carbocycles. The first-order valence-electron chi connectivity index (χ1n) is 10.6. The summed E-state index contributed by atoms with van der Waals surface area (Å²) >= 11 is 0. The molecule has 7 heteroatoms. The van der Waals surface area contributed by atoms with Crippen LogP contribution in [0.5, 0.6) is 5.75 Å². The molecule has 0 aliphatic rings. The third-order valence-corrected chi connectivity index (χ3v) is 4.70. The average Bonchev–Trinajstić information content (AvgIpc) is 3.28. The number of guanidine groups is 1. The van der Waals surface area contributed by atoms with Crippen LogP contribution in [0.3, 0.4) is 0 Å². The standard InChI is InChI=1S/C24H31N5O2/c1-3-25-24(27-16-22(30)18-31-23-11-6-8-19(2)14-23)26-15-20-9-4-5-10-21(20)17-29-13-7-12-28-29/h4-14,22,30H,3,15-18H2,1-2H3,(H2,25,26,27). The van der Waals surface area contributed by atoms with Crippen molar-refractivity contribution in [3.05, 3.63) is 83.7 Å². The number of nitrogens with one attached hydrogen (secondary N) is 2. The van der Waals surface area contributed by atoms with Crippen molar-refractivity contribution in [1.29, 1.82) is 0 Å². The van der Waals surface area contributed by atoms with Crippen LogP contribution in [0, 0.1) is 6.92 Å². The lowest BCUT2D eigenvalue weighted by molar-refractivity contribution is 0.110. The van der Waals surface area contributed by atoms with E-state index in [-0.39, 0.29) is 6.61 Å². The minimum atomic E-state index is -0.656. The smallest absolute Gasteiger partial charge is 0.191 e. The van der Waals surface area contributed by atoms with Gasteiger partial charge in [0.25, 0.3) is 0 Å². The Bertz CT molecular complexity index is 956. The Hall–Kier alpha value is -3.32. The summed E-state index contributed by atoms with van der Waals surface area (Å²) < 4.78 is 7.58. The minimum Gasteiger partial charge on any atom is -0.491 e. The Morgan fingerprint density at radius 2 is 1.97 bits per heavy atom. The molecule has 31 heavy (non-hydrogen) atoms. The summed E-state index contributed by atoms with van der Waals surface area (Å²) in [6, 6.07) is 17.9. The number of benzene rings is 2.